The summed E-state index contributed by atoms with van der Waals surface area (Å²) in [4.78, 5) is 10.5. The van der Waals surface area contributed by atoms with Crippen LogP contribution in [-0.4, -0.2) is 47.5 Å². The molecule has 0 amide bonds. The van der Waals surface area contributed by atoms with Crippen LogP contribution in [0.5, 0.6) is 0 Å². The molecule has 3 nitrogen and oxygen atoms in total. The first-order valence-electron chi connectivity index (χ1n) is 13.1. The van der Waals surface area contributed by atoms with Gasteiger partial charge in [0.15, 0.2) is 5.96 Å². The van der Waals surface area contributed by atoms with Gasteiger partial charge in [-0.05, 0) is 66.9 Å². The number of benzene rings is 2. The second-order valence-corrected chi connectivity index (χ2v) is 11.7. The van der Waals surface area contributed by atoms with Crippen LogP contribution in [0.3, 0.4) is 0 Å². The average molecular weight is 444 g/mol. The molecule has 1 saturated carbocycles. The minimum Gasteiger partial charge on any atom is -0.337 e. The van der Waals surface area contributed by atoms with Crippen LogP contribution in [-0.2, 0) is 12.8 Å². The molecule has 2 atom stereocenters. The Balaban J connectivity index is 1.29. The second kappa shape index (κ2) is 9.52. The maximum absolute atomic E-state index is 5.14. The van der Waals surface area contributed by atoms with Crippen molar-refractivity contribution in [2.24, 2.45) is 22.2 Å². The molecule has 5 rings (SSSR count). The van der Waals surface area contributed by atoms with Crippen LogP contribution < -0.4 is 0 Å². The molecule has 33 heavy (non-hydrogen) atoms. The molecule has 0 bridgehead atoms. The smallest absolute Gasteiger partial charge is 0.197 e. The highest BCUT2D eigenvalue weighted by Crippen LogP contribution is 2.41. The van der Waals surface area contributed by atoms with Gasteiger partial charge in [0.05, 0.1) is 18.6 Å². The Morgan fingerprint density at radius 2 is 1.36 bits per heavy atom. The molecule has 2 aromatic rings. The summed E-state index contributed by atoms with van der Waals surface area (Å²) in [5.74, 6) is 2.97. The number of nitrogens with zero attached hydrogens (tertiary/aromatic N) is 3. The van der Waals surface area contributed by atoms with Crippen molar-refractivity contribution in [3.8, 4) is 0 Å². The van der Waals surface area contributed by atoms with Crippen molar-refractivity contribution in [1.29, 1.82) is 0 Å². The van der Waals surface area contributed by atoms with Crippen LogP contribution in [0.25, 0.3) is 0 Å². The van der Waals surface area contributed by atoms with Gasteiger partial charge < -0.3 is 9.80 Å². The van der Waals surface area contributed by atoms with E-state index in [0.717, 1.165) is 37.8 Å². The monoisotopic (exact) mass is 443 g/mol. The lowest BCUT2D eigenvalue weighted by molar-refractivity contribution is 0.134. The molecule has 1 saturated heterocycles. The van der Waals surface area contributed by atoms with Crippen molar-refractivity contribution in [3.63, 3.8) is 0 Å². The molecule has 0 unspecified atom stereocenters. The van der Waals surface area contributed by atoms with E-state index < -0.39 is 0 Å². The van der Waals surface area contributed by atoms with Gasteiger partial charge >= 0.3 is 0 Å². The number of guanidine groups is 1. The molecule has 2 aliphatic heterocycles. The lowest BCUT2D eigenvalue weighted by atomic mass is 9.70. The van der Waals surface area contributed by atoms with Crippen LogP contribution in [0.2, 0.25) is 0 Å². The van der Waals surface area contributed by atoms with E-state index >= 15 is 0 Å². The standard InChI is InChI=1S/C30H41N3/c1-30(2,3)26-16-14-25(15-17-26)21-32-28(19-24-12-8-5-9-13-24)22-33-27(20-31-29(32)33)18-23-10-6-4-7-11-23/h4-13,25-28H,14-22H2,1-3H3/t25?,26?,27-,28-/m0/s1. The minimum atomic E-state index is 0.450. The van der Waals surface area contributed by atoms with Gasteiger partial charge in [-0.25, -0.2) is 0 Å². The molecule has 0 spiro atoms. The fraction of sp³-hybridized carbons (Fsp3) is 0.567. The predicted molar refractivity (Wildman–Crippen MR) is 138 cm³/mol. The Morgan fingerprint density at radius 3 is 1.94 bits per heavy atom. The van der Waals surface area contributed by atoms with E-state index in [1.165, 1.54) is 49.3 Å². The molecule has 2 heterocycles. The van der Waals surface area contributed by atoms with E-state index in [-0.39, 0.29) is 0 Å². The highest BCUT2D eigenvalue weighted by molar-refractivity contribution is 5.84. The molecule has 0 N–H and O–H groups in total. The molecule has 2 aromatic carbocycles. The van der Waals surface area contributed by atoms with E-state index in [9.17, 15) is 0 Å². The molecule has 176 valence electrons. The zero-order valence-corrected chi connectivity index (χ0v) is 20.8. The van der Waals surface area contributed by atoms with E-state index in [1.54, 1.807) is 0 Å². The number of rotatable bonds is 6. The second-order valence-electron chi connectivity index (χ2n) is 11.7. The van der Waals surface area contributed by atoms with Crippen molar-refractivity contribution in [2.75, 3.05) is 19.6 Å². The quantitative estimate of drug-likeness (QED) is 0.541. The van der Waals surface area contributed by atoms with Crippen molar-refractivity contribution >= 4 is 5.96 Å². The summed E-state index contributed by atoms with van der Waals surface area (Å²) in [6, 6.07) is 23.1. The van der Waals surface area contributed by atoms with E-state index in [2.05, 4.69) is 91.2 Å². The van der Waals surface area contributed by atoms with Gasteiger partial charge in [-0.3, -0.25) is 4.99 Å². The van der Waals surface area contributed by atoms with E-state index in [1.807, 2.05) is 0 Å². The van der Waals surface area contributed by atoms with Gasteiger partial charge in [-0.15, -0.1) is 0 Å². The summed E-state index contributed by atoms with van der Waals surface area (Å²) in [6.45, 7) is 10.5. The Bertz CT molecular complexity index is 922. The summed E-state index contributed by atoms with van der Waals surface area (Å²) >= 11 is 0. The Hall–Kier alpha value is -2.29. The first-order valence-corrected chi connectivity index (χ1v) is 13.1. The SMILES string of the molecule is CC(C)(C)C1CCC(CN2C3=NC[C@H](Cc4ccccc4)N3C[C@@H]2Cc2ccccc2)CC1. The van der Waals surface area contributed by atoms with Gasteiger partial charge in [-0.2, -0.15) is 0 Å². The summed E-state index contributed by atoms with van der Waals surface area (Å²) in [7, 11) is 0. The Kier molecular flexibility index (Phi) is 6.49. The van der Waals surface area contributed by atoms with Crippen LogP contribution in [0.4, 0.5) is 0 Å². The first-order chi connectivity index (χ1) is 16.0. The summed E-state index contributed by atoms with van der Waals surface area (Å²) in [5, 5.41) is 0. The molecule has 0 radical (unpaired) electrons. The lowest BCUT2D eigenvalue weighted by Gasteiger charge is -2.39. The van der Waals surface area contributed by atoms with Crippen LogP contribution in [0.1, 0.15) is 57.6 Å². The fourth-order valence-electron chi connectivity index (χ4n) is 6.36. The van der Waals surface area contributed by atoms with Gasteiger partial charge in [-0.1, -0.05) is 81.4 Å². The van der Waals surface area contributed by atoms with Crippen molar-refractivity contribution in [1.82, 2.24) is 9.80 Å². The third-order valence-corrected chi connectivity index (χ3v) is 8.40. The zero-order chi connectivity index (χ0) is 22.8. The van der Waals surface area contributed by atoms with Gasteiger partial charge in [0.2, 0.25) is 0 Å². The van der Waals surface area contributed by atoms with Crippen molar-refractivity contribution < 1.29 is 0 Å². The van der Waals surface area contributed by atoms with Crippen molar-refractivity contribution in [2.45, 2.75) is 71.4 Å². The normalized spacial score (nSPS) is 27.5. The van der Waals surface area contributed by atoms with Gasteiger partial charge in [0.25, 0.3) is 0 Å². The maximum Gasteiger partial charge on any atom is 0.197 e. The van der Waals surface area contributed by atoms with Crippen LogP contribution in [0.15, 0.2) is 65.7 Å². The third kappa shape index (κ3) is 5.13. The molecule has 3 aliphatic rings. The largest absolute Gasteiger partial charge is 0.337 e. The third-order valence-electron chi connectivity index (χ3n) is 8.40. The molecule has 1 aliphatic carbocycles. The molecular formula is C30H41N3. The van der Waals surface area contributed by atoms with Crippen LogP contribution >= 0.6 is 0 Å². The van der Waals surface area contributed by atoms with Gasteiger partial charge in [0, 0.05) is 13.1 Å². The van der Waals surface area contributed by atoms with Crippen LogP contribution in [0, 0.1) is 17.3 Å². The topological polar surface area (TPSA) is 18.8 Å². The summed E-state index contributed by atoms with van der Waals surface area (Å²) in [5.41, 5.74) is 3.33. The summed E-state index contributed by atoms with van der Waals surface area (Å²) < 4.78 is 0. The fourth-order valence-corrected chi connectivity index (χ4v) is 6.36. The maximum atomic E-state index is 5.14. The molecular weight excluding hydrogens is 402 g/mol. The average Bonchev–Trinajstić information content (AvgIpc) is 3.35. The molecule has 2 fully saturated rings. The first kappa shape index (κ1) is 22.5. The zero-order valence-electron chi connectivity index (χ0n) is 20.8. The predicted octanol–water partition coefficient (Wildman–Crippen LogP) is 6.05. The number of fused-ring (bicyclic) bond motifs is 1. The number of hydrogen-bond donors (Lipinski definition) is 0. The lowest BCUT2D eigenvalue weighted by Crippen LogP contribution is -2.41. The molecule has 0 aromatic heterocycles. The highest BCUT2D eigenvalue weighted by atomic mass is 15.5. The summed E-state index contributed by atoms with van der Waals surface area (Å²) in [6.07, 6.45) is 7.73. The minimum absolute atomic E-state index is 0.450. The number of aliphatic imine (C=N–C) groups is 1. The number of hydrogen-bond acceptors (Lipinski definition) is 3. The Labute approximate surface area is 200 Å². The highest BCUT2D eigenvalue weighted by Gasteiger charge is 2.43. The van der Waals surface area contributed by atoms with Gasteiger partial charge in [0.1, 0.15) is 0 Å². The van der Waals surface area contributed by atoms with E-state index in [4.69, 9.17) is 4.99 Å². The van der Waals surface area contributed by atoms with E-state index in [0.29, 0.717) is 17.5 Å². The van der Waals surface area contributed by atoms with Crippen molar-refractivity contribution in [3.05, 3.63) is 71.8 Å². The Morgan fingerprint density at radius 1 is 0.788 bits per heavy atom. The molecule has 3 heteroatoms.